The fourth-order valence-electron chi connectivity index (χ4n) is 1.41. The molecule has 0 radical (unpaired) electrons. The molecule has 0 aliphatic carbocycles. The quantitative estimate of drug-likeness (QED) is 0.591. The Balaban J connectivity index is -0.000000122. The average molecular weight is 361 g/mol. The van der Waals surface area contributed by atoms with E-state index in [2.05, 4.69) is 28.8 Å². The van der Waals surface area contributed by atoms with E-state index in [0.717, 1.165) is 25.2 Å². The molecule has 0 spiro atoms. The van der Waals surface area contributed by atoms with Gasteiger partial charge in [0.05, 0.1) is 7.11 Å². The summed E-state index contributed by atoms with van der Waals surface area (Å²) < 4.78 is 4.11. The Bertz CT molecular complexity index is 295. The number of methoxy groups -OCH3 is 1. The van der Waals surface area contributed by atoms with Gasteiger partial charge in [-0.1, -0.05) is 13.8 Å². The summed E-state index contributed by atoms with van der Waals surface area (Å²) in [5, 5.41) is 11.3. The largest absolute Gasteiger partial charge is 0.478 e. The lowest BCUT2D eigenvalue weighted by atomic mass is 10.3. The fraction of sp³-hybridized carbons (Fsp3) is 0.714. The zero-order valence-electron chi connectivity index (χ0n) is 14.0. The van der Waals surface area contributed by atoms with E-state index in [-0.39, 0.29) is 24.8 Å². The van der Waals surface area contributed by atoms with Crippen LogP contribution in [0.2, 0.25) is 0 Å². The minimum atomic E-state index is -1.17. The number of ether oxygens (including phenoxy) is 1. The monoisotopic (exact) mass is 360 g/mol. The maximum absolute atomic E-state index is 10.1. The van der Waals surface area contributed by atoms with Gasteiger partial charge in [0.2, 0.25) is 0 Å². The van der Waals surface area contributed by atoms with Gasteiger partial charge >= 0.3 is 11.9 Å². The molecule has 1 saturated heterocycles. The van der Waals surface area contributed by atoms with Crippen LogP contribution in [0, 0.1) is 0 Å². The molecule has 134 valence electrons. The van der Waals surface area contributed by atoms with Gasteiger partial charge in [-0.3, -0.25) is 4.90 Å². The van der Waals surface area contributed by atoms with Gasteiger partial charge in [0, 0.05) is 44.4 Å². The Kier molecular flexibility index (Phi) is 26.8. The van der Waals surface area contributed by atoms with Crippen LogP contribution in [0.5, 0.6) is 0 Å². The third-order valence-corrected chi connectivity index (χ3v) is 2.45. The summed E-state index contributed by atoms with van der Waals surface area (Å²) in [7, 11) is 1.18. The van der Waals surface area contributed by atoms with Crippen LogP contribution in [-0.2, 0) is 14.3 Å². The number of carboxylic acids is 1. The van der Waals surface area contributed by atoms with Crippen molar-refractivity contribution >= 4 is 36.8 Å². The predicted molar refractivity (Wildman–Crippen MR) is 94.2 cm³/mol. The summed E-state index contributed by atoms with van der Waals surface area (Å²) in [4.78, 5) is 22.4. The number of carbonyl (C=O) groups excluding carboxylic acids is 1. The minimum absolute atomic E-state index is 0. The van der Waals surface area contributed by atoms with Crippen molar-refractivity contribution in [1.82, 2.24) is 10.2 Å². The molecule has 22 heavy (non-hydrogen) atoms. The van der Waals surface area contributed by atoms with Crippen LogP contribution in [0.25, 0.3) is 0 Å². The molecule has 0 saturated carbocycles. The van der Waals surface area contributed by atoms with Crippen molar-refractivity contribution < 1.29 is 19.4 Å². The molecule has 1 rings (SSSR count). The molecule has 1 aliphatic heterocycles. The number of hydrogen-bond donors (Lipinski definition) is 2. The number of halogens is 2. The summed E-state index contributed by atoms with van der Waals surface area (Å²) in [5.41, 5.74) is 0. The van der Waals surface area contributed by atoms with E-state index in [9.17, 15) is 9.59 Å². The van der Waals surface area contributed by atoms with E-state index < -0.39 is 11.9 Å². The third-order valence-electron chi connectivity index (χ3n) is 2.45. The highest BCUT2D eigenvalue weighted by molar-refractivity contribution is 5.90. The standard InChI is InChI=1S/C7H16N2.C5H6O4.C2H6.2ClH/c1-7(2)9-5-3-8-4-6-9;1-9-5(8)3-2-4(6)7;1-2;;/h7-8H,3-6H2,1-2H3;2-3H,1H3,(H,6,7);1-2H3;2*1H. The van der Waals surface area contributed by atoms with Gasteiger partial charge in [-0.25, -0.2) is 9.59 Å². The molecule has 0 bridgehead atoms. The highest BCUT2D eigenvalue weighted by Crippen LogP contribution is 1.97. The van der Waals surface area contributed by atoms with Crippen LogP contribution in [0.15, 0.2) is 12.2 Å². The van der Waals surface area contributed by atoms with Crippen LogP contribution in [0.1, 0.15) is 27.7 Å². The number of esters is 1. The molecule has 1 heterocycles. The van der Waals surface area contributed by atoms with Crippen LogP contribution >= 0.6 is 24.8 Å². The molecule has 2 N–H and O–H groups in total. The number of carboxylic acid groups (broad SMARTS) is 1. The lowest BCUT2D eigenvalue weighted by molar-refractivity contribution is -0.136. The summed E-state index contributed by atoms with van der Waals surface area (Å²) in [6.07, 6.45) is 1.55. The summed E-state index contributed by atoms with van der Waals surface area (Å²) in [5.74, 6) is -1.84. The number of piperazine rings is 1. The van der Waals surface area contributed by atoms with Gasteiger partial charge in [-0.05, 0) is 13.8 Å². The lowest BCUT2D eigenvalue weighted by Gasteiger charge is -2.30. The highest BCUT2D eigenvalue weighted by Gasteiger charge is 2.11. The highest BCUT2D eigenvalue weighted by atomic mass is 35.5. The zero-order valence-corrected chi connectivity index (χ0v) is 15.6. The summed E-state index contributed by atoms with van der Waals surface area (Å²) in [6, 6.07) is 0.729. The van der Waals surface area contributed by atoms with Crippen molar-refractivity contribution in [2.24, 2.45) is 0 Å². The van der Waals surface area contributed by atoms with E-state index in [1.165, 1.54) is 20.2 Å². The first-order valence-corrected chi connectivity index (χ1v) is 6.91. The van der Waals surface area contributed by atoms with Crippen molar-refractivity contribution in [3.05, 3.63) is 12.2 Å². The van der Waals surface area contributed by atoms with E-state index in [4.69, 9.17) is 5.11 Å². The van der Waals surface area contributed by atoms with Gasteiger partial charge in [-0.15, -0.1) is 24.8 Å². The molecular formula is C14H30Cl2N2O4. The molecule has 0 aromatic carbocycles. The van der Waals surface area contributed by atoms with Gasteiger partial charge in [-0.2, -0.15) is 0 Å². The molecule has 0 atom stereocenters. The molecule has 1 fully saturated rings. The lowest BCUT2D eigenvalue weighted by Crippen LogP contribution is -2.46. The van der Waals surface area contributed by atoms with Crippen molar-refractivity contribution in [1.29, 1.82) is 0 Å². The number of aliphatic carboxylic acids is 1. The van der Waals surface area contributed by atoms with Crippen LogP contribution in [-0.4, -0.2) is 61.3 Å². The molecule has 8 heteroatoms. The number of carbonyl (C=O) groups is 2. The SMILES string of the molecule is CC.CC(C)N1CCNCC1.COC(=O)C=CC(=O)O.Cl.Cl. The Hall–Kier alpha value is -0.820. The Morgan fingerprint density at radius 2 is 1.59 bits per heavy atom. The van der Waals surface area contributed by atoms with Crippen LogP contribution in [0.3, 0.4) is 0 Å². The van der Waals surface area contributed by atoms with Gasteiger partial charge < -0.3 is 15.2 Å². The average Bonchev–Trinajstić information content (AvgIpc) is 2.48. The summed E-state index contributed by atoms with van der Waals surface area (Å²) >= 11 is 0. The molecule has 0 aromatic rings. The smallest absolute Gasteiger partial charge is 0.330 e. The molecule has 0 unspecified atom stereocenters. The molecular weight excluding hydrogens is 331 g/mol. The molecule has 0 aromatic heterocycles. The zero-order chi connectivity index (χ0) is 16.0. The number of nitrogens with one attached hydrogen (secondary N) is 1. The molecule has 6 nitrogen and oxygen atoms in total. The first-order chi connectivity index (χ1) is 9.47. The van der Waals surface area contributed by atoms with Gasteiger partial charge in [0.1, 0.15) is 0 Å². The number of hydrogen-bond acceptors (Lipinski definition) is 5. The fourth-order valence-corrected chi connectivity index (χ4v) is 1.41. The van der Waals surface area contributed by atoms with Crippen molar-refractivity contribution in [3.8, 4) is 0 Å². The first kappa shape index (κ1) is 29.2. The van der Waals surface area contributed by atoms with E-state index in [0.29, 0.717) is 6.08 Å². The maximum Gasteiger partial charge on any atom is 0.330 e. The van der Waals surface area contributed by atoms with E-state index in [1.807, 2.05) is 13.8 Å². The Morgan fingerprint density at radius 1 is 1.14 bits per heavy atom. The predicted octanol–water partition coefficient (Wildman–Crippen LogP) is 1.97. The van der Waals surface area contributed by atoms with Crippen LogP contribution in [0.4, 0.5) is 0 Å². The normalized spacial score (nSPS) is 13.5. The number of rotatable bonds is 3. The molecule has 1 aliphatic rings. The van der Waals surface area contributed by atoms with Crippen LogP contribution < -0.4 is 5.32 Å². The first-order valence-electron chi connectivity index (χ1n) is 6.91. The second-order valence-corrected chi connectivity index (χ2v) is 4.07. The van der Waals surface area contributed by atoms with Crippen molar-refractivity contribution in [2.45, 2.75) is 33.7 Å². The van der Waals surface area contributed by atoms with E-state index >= 15 is 0 Å². The van der Waals surface area contributed by atoms with Gasteiger partial charge in [0.25, 0.3) is 0 Å². The minimum Gasteiger partial charge on any atom is -0.478 e. The summed E-state index contributed by atoms with van der Waals surface area (Å²) in [6.45, 7) is 13.3. The third kappa shape index (κ3) is 19.2. The second-order valence-electron chi connectivity index (χ2n) is 4.07. The van der Waals surface area contributed by atoms with Gasteiger partial charge in [0.15, 0.2) is 0 Å². The Labute approximate surface area is 146 Å². The molecule has 0 amide bonds. The topological polar surface area (TPSA) is 78.9 Å². The second kappa shape index (κ2) is 20.2. The number of nitrogens with zero attached hydrogens (tertiary/aromatic N) is 1. The van der Waals surface area contributed by atoms with Crippen molar-refractivity contribution in [2.75, 3.05) is 33.3 Å². The van der Waals surface area contributed by atoms with E-state index in [1.54, 1.807) is 0 Å². The Morgan fingerprint density at radius 3 is 1.86 bits per heavy atom. The maximum atomic E-state index is 10.1. The van der Waals surface area contributed by atoms with Crippen molar-refractivity contribution in [3.63, 3.8) is 0 Å².